The Labute approximate surface area is 118 Å². The SMILES string of the molecule is O=C(O)Cn1nnnc1Sc1ccc(C(F)(F)F)cc1F. The van der Waals surface area contributed by atoms with Crippen LogP contribution in [0.4, 0.5) is 17.6 Å². The highest BCUT2D eigenvalue weighted by molar-refractivity contribution is 7.99. The van der Waals surface area contributed by atoms with Crippen molar-refractivity contribution in [3.8, 4) is 0 Å². The summed E-state index contributed by atoms with van der Waals surface area (Å²) in [6, 6.07) is 2.01. The maximum atomic E-state index is 13.7. The molecule has 0 aliphatic rings. The van der Waals surface area contributed by atoms with E-state index < -0.39 is 30.1 Å². The molecule has 0 fully saturated rings. The van der Waals surface area contributed by atoms with Crippen molar-refractivity contribution in [2.75, 3.05) is 0 Å². The number of hydrogen-bond donors (Lipinski definition) is 1. The molecule has 2 rings (SSSR count). The van der Waals surface area contributed by atoms with Crippen molar-refractivity contribution in [3.63, 3.8) is 0 Å². The molecule has 0 amide bonds. The predicted molar refractivity (Wildman–Crippen MR) is 61.0 cm³/mol. The number of rotatable bonds is 4. The average Bonchev–Trinajstić information content (AvgIpc) is 2.77. The van der Waals surface area contributed by atoms with Gasteiger partial charge in [0, 0.05) is 0 Å². The summed E-state index contributed by atoms with van der Waals surface area (Å²) in [5, 5.41) is 18.7. The Morgan fingerprint density at radius 3 is 2.67 bits per heavy atom. The maximum Gasteiger partial charge on any atom is 0.416 e. The van der Waals surface area contributed by atoms with Gasteiger partial charge in [-0.3, -0.25) is 4.79 Å². The van der Waals surface area contributed by atoms with Crippen LogP contribution < -0.4 is 0 Å². The third-order valence-corrected chi connectivity index (χ3v) is 3.27. The first kappa shape index (κ1) is 15.2. The van der Waals surface area contributed by atoms with E-state index in [4.69, 9.17) is 5.11 Å². The number of aliphatic carboxylic acids is 1. The van der Waals surface area contributed by atoms with Crippen molar-refractivity contribution in [2.45, 2.75) is 22.8 Å². The van der Waals surface area contributed by atoms with Crippen molar-refractivity contribution < 1.29 is 27.5 Å². The number of benzene rings is 1. The van der Waals surface area contributed by atoms with Crippen LogP contribution in [0.5, 0.6) is 0 Å². The Kier molecular flexibility index (Phi) is 4.11. The number of carboxylic acid groups (broad SMARTS) is 1. The van der Waals surface area contributed by atoms with E-state index in [1.54, 1.807) is 0 Å². The average molecular weight is 322 g/mol. The molecule has 1 aromatic heterocycles. The van der Waals surface area contributed by atoms with Crippen LogP contribution in [0.2, 0.25) is 0 Å². The molecule has 1 aromatic carbocycles. The Morgan fingerprint density at radius 2 is 2.10 bits per heavy atom. The minimum Gasteiger partial charge on any atom is -0.480 e. The van der Waals surface area contributed by atoms with Crippen LogP contribution in [-0.4, -0.2) is 31.3 Å². The summed E-state index contributed by atoms with van der Waals surface area (Å²) in [7, 11) is 0. The van der Waals surface area contributed by atoms with E-state index in [0.29, 0.717) is 17.8 Å². The van der Waals surface area contributed by atoms with E-state index >= 15 is 0 Å². The summed E-state index contributed by atoms with van der Waals surface area (Å²) in [5.41, 5.74) is -1.12. The molecule has 112 valence electrons. The maximum absolute atomic E-state index is 13.7. The molecule has 21 heavy (non-hydrogen) atoms. The first-order chi connectivity index (χ1) is 9.77. The standard InChI is InChI=1S/C10H6F4N4O2S/c11-6-3-5(10(12,13)14)1-2-7(6)21-9-15-16-17-18(9)4-8(19)20/h1-3H,4H2,(H,19,20). The summed E-state index contributed by atoms with van der Waals surface area (Å²) < 4.78 is 51.8. The Bertz CT molecular complexity index is 673. The fourth-order valence-electron chi connectivity index (χ4n) is 1.36. The molecule has 0 unspecified atom stereocenters. The molecule has 0 aliphatic carbocycles. The van der Waals surface area contributed by atoms with Gasteiger partial charge in [0.25, 0.3) is 0 Å². The van der Waals surface area contributed by atoms with Gasteiger partial charge in [0.05, 0.1) is 10.5 Å². The van der Waals surface area contributed by atoms with Crippen molar-refractivity contribution in [1.82, 2.24) is 20.2 Å². The van der Waals surface area contributed by atoms with Crippen molar-refractivity contribution in [3.05, 3.63) is 29.6 Å². The molecule has 0 aliphatic heterocycles. The molecule has 1 heterocycles. The summed E-state index contributed by atoms with van der Waals surface area (Å²) in [4.78, 5) is 10.4. The van der Waals surface area contributed by atoms with Gasteiger partial charge in [0.1, 0.15) is 12.4 Å². The number of hydrogen-bond acceptors (Lipinski definition) is 5. The van der Waals surface area contributed by atoms with E-state index in [-0.39, 0.29) is 10.1 Å². The van der Waals surface area contributed by atoms with Crippen LogP contribution in [0.25, 0.3) is 0 Å². The fourth-order valence-corrected chi connectivity index (χ4v) is 2.13. The van der Waals surface area contributed by atoms with Crippen LogP contribution >= 0.6 is 11.8 Å². The first-order valence-corrected chi connectivity index (χ1v) is 6.11. The molecule has 0 saturated heterocycles. The molecule has 0 bridgehead atoms. The Hall–Kier alpha value is -2.17. The summed E-state index contributed by atoms with van der Waals surface area (Å²) in [6.45, 7) is -0.544. The minimum absolute atomic E-state index is 0.0453. The highest BCUT2D eigenvalue weighted by Gasteiger charge is 2.31. The lowest BCUT2D eigenvalue weighted by Crippen LogP contribution is -2.11. The zero-order valence-electron chi connectivity index (χ0n) is 10.0. The van der Waals surface area contributed by atoms with Gasteiger partial charge in [-0.15, -0.1) is 5.10 Å². The number of nitrogens with zero attached hydrogens (tertiary/aromatic N) is 4. The monoisotopic (exact) mass is 322 g/mol. The van der Waals surface area contributed by atoms with Gasteiger partial charge >= 0.3 is 12.1 Å². The number of carboxylic acids is 1. The van der Waals surface area contributed by atoms with Crippen molar-refractivity contribution in [1.29, 1.82) is 0 Å². The van der Waals surface area contributed by atoms with Crippen LogP contribution in [0.15, 0.2) is 28.3 Å². The third-order valence-electron chi connectivity index (χ3n) is 2.24. The van der Waals surface area contributed by atoms with Crippen LogP contribution in [0, 0.1) is 5.82 Å². The van der Waals surface area contributed by atoms with Crippen molar-refractivity contribution in [2.24, 2.45) is 0 Å². The number of halogens is 4. The lowest BCUT2D eigenvalue weighted by molar-refractivity contribution is -0.138. The zero-order valence-corrected chi connectivity index (χ0v) is 10.8. The molecular formula is C10H6F4N4O2S. The Balaban J connectivity index is 2.25. The van der Waals surface area contributed by atoms with Gasteiger partial charge in [0.15, 0.2) is 0 Å². The van der Waals surface area contributed by atoms with E-state index in [1.165, 1.54) is 0 Å². The van der Waals surface area contributed by atoms with E-state index in [1.807, 2.05) is 0 Å². The van der Waals surface area contributed by atoms with Gasteiger partial charge < -0.3 is 5.11 Å². The molecule has 2 aromatic rings. The number of tetrazole rings is 1. The van der Waals surface area contributed by atoms with Gasteiger partial charge in [0.2, 0.25) is 5.16 Å². The zero-order chi connectivity index (χ0) is 15.6. The highest BCUT2D eigenvalue weighted by Crippen LogP contribution is 2.34. The quantitative estimate of drug-likeness (QED) is 0.868. The molecule has 0 radical (unpaired) electrons. The van der Waals surface area contributed by atoms with Crippen LogP contribution in [-0.2, 0) is 17.5 Å². The number of alkyl halides is 3. The summed E-state index contributed by atoms with van der Waals surface area (Å²) >= 11 is 0.630. The summed E-state index contributed by atoms with van der Waals surface area (Å²) in [5.74, 6) is -2.31. The fraction of sp³-hybridized carbons (Fsp3) is 0.200. The Morgan fingerprint density at radius 1 is 1.38 bits per heavy atom. The van der Waals surface area contributed by atoms with E-state index in [9.17, 15) is 22.4 Å². The van der Waals surface area contributed by atoms with Gasteiger partial charge in [-0.05, 0) is 40.4 Å². The second-order valence-electron chi connectivity index (χ2n) is 3.76. The molecular weight excluding hydrogens is 316 g/mol. The lowest BCUT2D eigenvalue weighted by atomic mass is 10.2. The molecule has 11 heteroatoms. The second-order valence-corrected chi connectivity index (χ2v) is 4.77. The minimum atomic E-state index is -4.64. The normalized spacial score (nSPS) is 11.6. The van der Waals surface area contributed by atoms with Gasteiger partial charge in [-0.25, -0.2) is 9.07 Å². The molecule has 0 spiro atoms. The highest BCUT2D eigenvalue weighted by atomic mass is 32.2. The largest absolute Gasteiger partial charge is 0.480 e. The molecule has 0 atom stereocenters. The number of aromatic nitrogens is 4. The smallest absolute Gasteiger partial charge is 0.416 e. The first-order valence-electron chi connectivity index (χ1n) is 5.30. The van der Waals surface area contributed by atoms with Gasteiger partial charge in [-0.1, -0.05) is 0 Å². The topological polar surface area (TPSA) is 80.9 Å². The second kappa shape index (κ2) is 5.68. The van der Waals surface area contributed by atoms with Gasteiger partial charge in [-0.2, -0.15) is 13.2 Å². The number of carbonyl (C=O) groups is 1. The molecule has 1 N–H and O–H groups in total. The third kappa shape index (κ3) is 3.68. The van der Waals surface area contributed by atoms with Crippen LogP contribution in [0.1, 0.15) is 5.56 Å². The van der Waals surface area contributed by atoms with Crippen molar-refractivity contribution >= 4 is 17.7 Å². The predicted octanol–water partition coefficient (Wildman–Crippen LogP) is 2.07. The molecule has 0 saturated carbocycles. The summed E-state index contributed by atoms with van der Waals surface area (Å²) in [6.07, 6.45) is -4.64. The van der Waals surface area contributed by atoms with E-state index in [0.717, 1.165) is 16.8 Å². The molecule has 6 nitrogen and oxygen atoms in total. The van der Waals surface area contributed by atoms with E-state index in [2.05, 4.69) is 15.5 Å². The van der Waals surface area contributed by atoms with Crippen LogP contribution in [0.3, 0.4) is 0 Å². The lowest BCUT2D eigenvalue weighted by Gasteiger charge is -2.08.